The summed E-state index contributed by atoms with van der Waals surface area (Å²) in [5.74, 6) is 0.748. The molecule has 1 aromatic carbocycles. The maximum absolute atomic E-state index is 8.68. The third kappa shape index (κ3) is 3.10. The van der Waals surface area contributed by atoms with Gasteiger partial charge in [-0.2, -0.15) is 10.4 Å². The molecule has 0 aliphatic heterocycles. The summed E-state index contributed by atoms with van der Waals surface area (Å²) in [5.41, 5.74) is 3.62. The van der Waals surface area contributed by atoms with E-state index in [0.29, 0.717) is 0 Å². The fourth-order valence-electron chi connectivity index (χ4n) is 0.979. The summed E-state index contributed by atoms with van der Waals surface area (Å²) in [7, 11) is 1.59. The Labute approximate surface area is 93.9 Å². The molecular weight excluding hydrogens is 204 g/mol. The van der Waals surface area contributed by atoms with Crippen molar-refractivity contribution in [3.63, 3.8) is 0 Å². The molecular formula is C11H12N4O. The van der Waals surface area contributed by atoms with Crippen LogP contribution in [0, 0.1) is 16.7 Å². The second kappa shape index (κ2) is 5.51. The van der Waals surface area contributed by atoms with Gasteiger partial charge in [0.2, 0.25) is 0 Å². The number of ether oxygens (including phenoxy) is 1. The van der Waals surface area contributed by atoms with Crippen LogP contribution in [0.4, 0.5) is 5.69 Å². The molecule has 5 nitrogen and oxygen atoms in total. The molecule has 0 saturated carbocycles. The molecule has 1 aromatic rings. The van der Waals surface area contributed by atoms with Crippen molar-refractivity contribution in [3.8, 4) is 11.8 Å². The Hall–Kier alpha value is -2.35. The lowest BCUT2D eigenvalue weighted by molar-refractivity contribution is 0.415. The number of nitriles is 1. The molecule has 0 atom stereocenters. The van der Waals surface area contributed by atoms with Crippen LogP contribution in [0.3, 0.4) is 0 Å². The molecule has 16 heavy (non-hydrogen) atoms. The number of nitrogens with one attached hydrogen (secondary N) is 2. The van der Waals surface area contributed by atoms with Crippen molar-refractivity contribution in [2.24, 2.45) is 5.10 Å². The summed E-state index contributed by atoms with van der Waals surface area (Å²) in [6.07, 6.45) is 0. The van der Waals surface area contributed by atoms with Crippen molar-refractivity contribution in [2.75, 3.05) is 12.5 Å². The Balaban J connectivity index is 2.74. The topological polar surface area (TPSA) is 81.3 Å². The van der Waals surface area contributed by atoms with Gasteiger partial charge in [-0.1, -0.05) is 0 Å². The molecule has 0 bridgehead atoms. The number of hydrazone groups is 1. The first-order valence-corrected chi connectivity index (χ1v) is 4.60. The van der Waals surface area contributed by atoms with E-state index in [1.807, 2.05) is 6.07 Å². The van der Waals surface area contributed by atoms with E-state index in [4.69, 9.17) is 15.4 Å². The lowest BCUT2D eigenvalue weighted by atomic mass is 10.3. The molecule has 0 radical (unpaired) electrons. The van der Waals surface area contributed by atoms with Gasteiger partial charge in [0.1, 0.15) is 11.8 Å². The van der Waals surface area contributed by atoms with Crippen molar-refractivity contribution in [1.82, 2.24) is 0 Å². The van der Waals surface area contributed by atoms with Gasteiger partial charge in [0.05, 0.1) is 18.5 Å². The molecule has 0 saturated heterocycles. The van der Waals surface area contributed by atoms with E-state index in [-0.39, 0.29) is 11.4 Å². The van der Waals surface area contributed by atoms with E-state index in [1.54, 1.807) is 31.4 Å². The quantitative estimate of drug-likeness (QED) is 0.596. The van der Waals surface area contributed by atoms with Gasteiger partial charge in [0, 0.05) is 0 Å². The van der Waals surface area contributed by atoms with Crippen molar-refractivity contribution in [3.05, 3.63) is 24.3 Å². The monoisotopic (exact) mass is 216 g/mol. The van der Waals surface area contributed by atoms with Crippen LogP contribution in [0.2, 0.25) is 0 Å². The normalized spacial score (nSPS) is 10.4. The molecule has 0 unspecified atom stereocenters. The summed E-state index contributed by atoms with van der Waals surface area (Å²) < 4.78 is 5.00. The lowest BCUT2D eigenvalue weighted by Crippen LogP contribution is -2.08. The second-order valence-electron chi connectivity index (χ2n) is 3.04. The van der Waals surface area contributed by atoms with Gasteiger partial charge in [-0.3, -0.25) is 5.43 Å². The van der Waals surface area contributed by atoms with Crippen LogP contribution in [0.5, 0.6) is 5.75 Å². The molecule has 2 N–H and O–H groups in total. The minimum absolute atomic E-state index is 0.0656. The maximum Gasteiger partial charge on any atom is 0.181 e. The van der Waals surface area contributed by atoms with Crippen LogP contribution < -0.4 is 10.2 Å². The van der Waals surface area contributed by atoms with Gasteiger partial charge in [-0.05, 0) is 31.2 Å². The Bertz CT molecular complexity index is 442. The molecule has 1 rings (SSSR count). The molecule has 5 heteroatoms. The highest BCUT2D eigenvalue weighted by Crippen LogP contribution is 2.14. The standard InChI is InChI=1S/C11H12N4O/c1-8(13)11(7-12)15-14-9-3-5-10(16-2)6-4-9/h3-6,13-14H,1-2H3/b13-8?,15-11-. The number of anilines is 1. The molecule has 0 aromatic heterocycles. The van der Waals surface area contributed by atoms with E-state index in [2.05, 4.69) is 10.5 Å². The summed E-state index contributed by atoms with van der Waals surface area (Å²) in [4.78, 5) is 0. The second-order valence-corrected chi connectivity index (χ2v) is 3.04. The average molecular weight is 216 g/mol. The zero-order chi connectivity index (χ0) is 12.0. The Kier molecular flexibility index (Phi) is 4.04. The third-order valence-corrected chi connectivity index (χ3v) is 1.85. The zero-order valence-corrected chi connectivity index (χ0v) is 9.11. The lowest BCUT2D eigenvalue weighted by Gasteiger charge is -2.02. The van der Waals surface area contributed by atoms with Crippen LogP contribution in [0.25, 0.3) is 0 Å². The van der Waals surface area contributed by atoms with Gasteiger partial charge in [0.15, 0.2) is 5.71 Å². The predicted octanol–water partition coefficient (Wildman–Crippen LogP) is 2.03. The number of rotatable bonds is 4. The van der Waals surface area contributed by atoms with E-state index in [9.17, 15) is 0 Å². The van der Waals surface area contributed by atoms with E-state index < -0.39 is 0 Å². The Morgan fingerprint density at radius 2 is 2.06 bits per heavy atom. The Morgan fingerprint density at radius 1 is 1.44 bits per heavy atom. The van der Waals surface area contributed by atoms with Crippen LogP contribution in [-0.2, 0) is 0 Å². The minimum Gasteiger partial charge on any atom is -0.497 e. The van der Waals surface area contributed by atoms with E-state index in [1.165, 1.54) is 6.92 Å². The predicted molar refractivity (Wildman–Crippen MR) is 63.1 cm³/mol. The first kappa shape index (κ1) is 11.7. The number of nitrogens with zero attached hydrogens (tertiary/aromatic N) is 2. The highest BCUT2D eigenvalue weighted by molar-refractivity contribution is 6.46. The van der Waals surface area contributed by atoms with Gasteiger partial charge in [0.25, 0.3) is 0 Å². The summed E-state index contributed by atoms with van der Waals surface area (Å²) in [5, 5.41) is 19.8. The molecule has 0 aliphatic rings. The molecule has 0 aliphatic carbocycles. The number of hydrogen-bond donors (Lipinski definition) is 2. The summed E-state index contributed by atoms with van der Waals surface area (Å²) in [6.45, 7) is 1.51. The number of methoxy groups -OCH3 is 1. The van der Waals surface area contributed by atoms with Gasteiger partial charge < -0.3 is 10.1 Å². The highest BCUT2D eigenvalue weighted by atomic mass is 16.5. The molecule has 0 heterocycles. The van der Waals surface area contributed by atoms with Crippen LogP contribution in [0.1, 0.15) is 6.92 Å². The maximum atomic E-state index is 8.68. The SMILES string of the molecule is COc1ccc(N/N=C(/C#N)C(C)=N)cc1. The number of hydrogen-bond acceptors (Lipinski definition) is 5. The summed E-state index contributed by atoms with van der Waals surface area (Å²) >= 11 is 0. The van der Waals surface area contributed by atoms with Crippen LogP contribution in [0.15, 0.2) is 29.4 Å². The first-order valence-electron chi connectivity index (χ1n) is 4.60. The molecule has 0 spiro atoms. The summed E-state index contributed by atoms with van der Waals surface area (Å²) in [6, 6.07) is 8.94. The van der Waals surface area contributed by atoms with Gasteiger partial charge >= 0.3 is 0 Å². The Morgan fingerprint density at radius 3 is 2.50 bits per heavy atom. The highest BCUT2D eigenvalue weighted by Gasteiger charge is 1.99. The fourth-order valence-corrected chi connectivity index (χ4v) is 0.979. The van der Waals surface area contributed by atoms with E-state index in [0.717, 1.165) is 11.4 Å². The third-order valence-electron chi connectivity index (χ3n) is 1.85. The van der Waals surface area contributed by atoms with Crippen molar-refractivity contribution in [2.45, 2.75) is 6.92 Å². The number of benzene rings is 1. The smallest absolute Gasteiger partial charge is 0.181 e. The van der Waals surface area contributed by atoms with Gasteiger partial charge in [-0.25, -0.2) is 0 Å². The largest absolute Gasteiger partial charge is 0.497 e. The van der Waals surface area contributed by atoms with Crippen molar-refractivity contribution >= 4 is 17.1 Å². The van der Waals surface area contributed by atoms with Crippen LogP contribution >= 0.6 is 0 Å². The average Bonchev–Trinajstić information content (AvgIpc) is 2.30. The molecule has 82 valence electrons. The van der Waals surface area contributed by atoms with Crippen LogP contribution in [-0.4, -0.2) is 18.5 Å². The first-order chi connectivity index (χ1) is 7.67. The zero-order valence-electron chi connectivity index (χ0n) is 9.11. The fraction of sp³-hybridized carbons (Fsp3) is 0.182. The van der Waals surface area contributed by atoms with Crippen molar-refractivity contribution < 1.29 is 4.74 Å². The molecule has 0 amide bonds. The van der Waals surface area contributed by atoms with Crippen molar-refractivity contribution in [1.29, 1.82) is 10.7 Å². The molecule has 0 fully saturated rings. The van der Waals surface area contributed by atoms with Gasteiger partial charge in [-0.15, -0.1) is 0 Å². The minimum atomic E-state index is 0.0656. The van der Waals surface area contributed by atoms with E-state index >= 15 is 0 Å².